The number of aliphatic carboxylic acids is 1. The van der Waals surface area contributed by atoms with Gasteiger partial charge in [0.2, 0.25) is 5.91 Å². The third-order valence-electron chi connectivity index (χ3n) is 5.58. The Bertz CT molecular complexity index is 792. The Hall–Kier alpha value is -2.22. The molecular weight excluding hydrogens is 364 g/mol. The molecule has 7 nitrogen and oxygen atoms in total. The minimum absolute atomic E-state index is 0.0572. The first kappa shape index (κ1) is 18.2. The minimum atomic E-state index is -0.747. The first-order chi connectivity index (χ1) is 13.1. The van der Waals surface area contributed by atoms with Gasteiger partial charge in [0.1, 0.15) is 0 Å². The van der Waals surface area contributed by atoms with Crippen LogP contribution in [0.5, 0.6) is 0 Å². The minimum Gasteiger partial charge on any atom is -0.481 e. The van der Waals surface area contributed by atoms with Crippen LogP contribution in [0, 0.1) is 17.8 Å². The zero-order chi connectivity index (χ0) is 18.8. The topological polar surface area (TPSA) is 88.3 Å². The second-order valence-corrected chi connectivity index (χ2v) is 8.60. The molecule has 1 aliphatic carbocycles. The van der Waals surface area contributed by atoms with E-state index in [1.54, 1.807) is 11.3 Å². The molecule has 1 amide bonds. The van der Waals surface area contributed by atoms with Gasteiger partial charge in [-0.25, -0.2) is 4.68 Å². The van der Waals surface area contributed by atoms with Crippen molar-refractivity contribution < 1.29 is 14.7 Å². The number of carboxylic acid groups (broad SMARTS) is 1. The van der Waals surface area contributed by atoms with E-state index in [0.717, 1.165) is 18.5 Å². The van der Waals surface area contributed by atoms with Gasteiger partial charge in [-0.3, -0.25) is 9.59 Å². The van der Waals surface area contributed by atoms with Crippen LogP contribution in [0.25, 0.3) is 0 Å². The molecule has 1 atom stereocenters. The number of thiophene rings is 1. The number of rotatable bonds is 7. The van der Waals surface area contributed by atoms with E-state index >= 15 is 0 Å². The molecule has 2 fully saturated rings. The van der Waals surface area contributed by atoms with Crippen LogP contribution in [0.1, 0.15) is 36.3 Å². The Morgan fingerprint density at radius 2 is 2.04 bits per heavy atom. The lowest BCUT2D eigenvalue weighted by atomic mass is 9.92. The molecule has 1 saturated heterocycles. The number of likely N-dealkylation sites (tertiary alicyclic amines) is 1. The normalized spacial score (nSPS) is 19.2. The van der Waals surface area contributed by atoms with Crippen molar-refractivity contribution in [2.45, 2.75) is 38.6 Å². The Morgan fingerprint density at radius 1 is 1.26 bits per heavy atom. The molecule has 2 aromatic rings. The average Bonchev–Trinajstić information content (AvgIpc) is 3.20. The molecule has 3 heterocycles. The highest BCUT2D eigenvalue weighted by Gasteiger charge is 2.40. The van der Waals surface area contributed by atoms with Crippen molar-refractivity contribution in [1.29, 1.82) is 0 Å². The van der Waals surface area contributed by atoms with Crippen molar-refractivity contribution in [2.75, 3.05) is 13.1 Å². The van der Waals surface area contributed by atoms with Crippen molar-refractivity contribution in [3.63, 3.8) is 0 Å². The van der Waals surface area contributed by atoms with Crippen LogP contribution < -0.4 is 0 Å². The number of carbonyl (C=O) groups excluding carboxylic acids is 1. The molecular formula is C19H24N4O3S. The van der Waals surface area contributed by atoms with E-state index in [9.17, 15) is 9.59 Å². The summed E-state index contributed by atoms with van der Waals surface area (Å²) in [5, 5.41) is 19.7. The van der Waals surface area contributed by atoms with E-state index < -0.39 is 5.97 Å². The Kier molecular flexibility index (Phi) is 5.24. The molecule has 1 saturated carbocycles. The standard InChI is InChI=1S/C19H24N4O3S/c24-18(22-7-5-14(6-8-22)19(25)26)17(13-3-4-13)10-15-11-23(21-20-15)12-16-2-1-9-27-16/h1-2,9,11,13-14,17H,3-8,10,12H2,(H,25,26). The first-order valence-corrected chi connectivity index (χ1v) is 10.4. The van der Waals surface area contributed by atoms with E-state index in [-0.39, 0.29) is 17.7 Å². The van der Waals surface area contributed by atoms with Crippen molar-refractivity contribution in [3.05, 3.63) is 34.3 Å². The van der Waals surface area contributed by atoms with Crippen LogP contribution in [0.3, 0.4) is 0 Å². The molecule has 8 heteroatoms. The van der Waals surface area contributed by atoms with E-state index in [0.29, 0.717) is 44.8 Å². The van der Waals surface area contributed by atoms with E-state index in [2.05, 4.69) is 16.4 Å². The maximum absolute atomic E-state index is 13.0. The number of aromatic nitrogens is 3. The molecule has 0 bridgehead atoms. The molecule has 4 rings (SSSR count). The van der Waals surface area contributed by atoms with Crippen LogP contribution in [0.2, 0.25) is 0 Å². The van der Waals surface area contributed by atoms with Crippen molar-refractivity contribution in [2.24, 2.45) is 17.8 Å². The van der Waals surface area contributed by atoms with Crippen LogP contribution >= 0.6 is 11.3 Å². The highest BCUT2D eigenvalue weighted by atomic mass is 32.1. The van der Waals surface area contributed by atoms with Gasteiger partial charge < -0.3 is 10.0 Å². The van der Waals surface area contributed by atoms with Gasteiger partial charge in [0.05, 0.1) is 18.2 Å². The largest absolute Gasteiger partial charge is 0.481 e. The van der Waals surface area contributed by atoms with E-state index in [4.69, 9.17) is 5.11 Å². The molecule has 1 aliphatic heterocycles. The fourth-order valence-corrected chi connectivity index (χ4v) is 4.53. The third kappa shape index (κ3) is 4.37. The molecule has 27 heavy (non-hydrogen) atoms. The molecule has 144 valence electrons. The third-order valence-corrected chi connectivity index (χ3v) is 6.44. The van der Waals surface area contributed by atoms with Gasteiger partial charge in [-0.05, 0) is 43.0 Å². The summed E-state index contributed by atoms with van der Waals surface area (Å²) in [5.74, 6) is -0.529. The van der Waals surface area contributed by atoms with Crippen molar-refractivity contribution >= 4 is 23.2 Å². The summed E-state index contributed by atoms with van der Waals surface area (Å²) < 4.78 is 1.83. The summed E-state index contributed by atoms with van der Waals surface area (Å²) >= 11 is 1.69. The summed E-state index contributed by atoms with van der Waals surface area (Å²) in [6.07, 6.45) is 5.84. The van der Waals surface area contributed by atoms with Gasteiger partial charge >= 0.3 is 5.97 Å². The average molecular weight is 388 g/mol. The number of hydrogen-bond donors (Lipinski definition) is 1. The monoisotopic (exact) mass is 388 g/mol. The number of carbonyl (C=O) groups is 2. The highest BCUT2D eigenvalue weighted by Crippen LogP contribution is 2.39. The summed E-state index contributed by atoms with van der Waals surface area (Å²) in [7, 11) is 0. The van der Waals surface area contributed by atoms with Gasteiger partial charge in [0.25, 0.3) is 0 Å². The Balaban J connectivity index is 1.38. The number of amides is 1. The molecule has 1 N–H and O–H groups in total. The lowest BCUT2D eigenvalue weighted by Crippen LogP contribution is -2.44. The molecule has 0 radical (unpaired) electrons. The second kappa shape index (κ2) is 7.80. The summed E-state index contributed by atoms with van der Waals surface area (Å²) in [6, 6.07) is 4.09. The van der Waals surface area contributed by atoms with Crippen LogP contribution in [0.4, 0.5) is 0 Å². The van der Waals surface area contributed by atoms with Crippen LogP contribution in [-0.4, -0.2) is 50.0 Å². The van der Waals surface area contributed by atoms with Gasteiger partial charge in [0, 0.05) is 36.5 Å². The first-order valence-electron chi connectivity index (χ1n) is 9.53. The number of nitrogens with zero attached hydrogens (tertiary/aromatic N) is 4. The predicted octanol–water partition coefficient (Wildman–Crippen LogP) is 2.28. The van der Waals surface area contributed by atoms with Crippen LogP contribution in [0.15, 0.2) is 23.7 Å². The zero-order valence-corrected chi connectivity index (χ0v) is 16.0. The van der Waals surface area contributed by atoms with Gasteiger partial charge in [-0.2, -0.15) is 0 Å². The summed E-state index contributed by atoms with van der Waals surface area (Å²) in [5.41, 5.74) is 0.859. The van der Waals surface area contributed by atoms with Gasteiger partial charge in [0.15, 0.2) is 0 Å². The molecule has 0 spiro atoms. The fraction of sp³-hybridized carbons (Fsp3) is 0.579. The molecule has 1 unspecified atom stereocenters. The van der Waals surface area contributed by atoms with Gasteiger partial charge in [-0.1, -0.05) is 11.3 Å². The van der Waals surface area contributed by atoms with Crippen LogP contribution in [-0.2, 0) is 22.6 Å². The zero-order valence-electron chi connectivity index (χ0n) is 15.2. The SMILES string of the molecule is O=C(O)C1CCN(C(=O)C(Cc2cn(Cc3cccs3)nn2)C2CC2)CC1. The molecule has 0 aromatic carbocycles. The maximum Gasteiger partial charge on any atom is 0.306 e. The molecule has 2 aliphatic rings. The van der Waals surface area contributed by atoms with E-state index in [1.807, 2.05) is 27.2 Å². The number of hydrogen-bond acceptors (Lipinski definition) is 5. The number of piperidine rings is 1. The summed E-state index contributed by atoms with van der Waals surface area (Å²) in [4.78, 5) is 27.3. The Morgan fingerprint density at radius 3 is 2.67 bits per heavy atom. The molecule has 2 aromatic heterocycles. The summed E-state index contributed by atoms with van der Waals surface area (Å²) in [6.45, 7) is 1.80. The van der Waals surface area contributed by atoms with Crippen molar-refractivity contribution in [1.82, 2.24) is 19.9 Å². The quantitative estimate of drug-likeness (QED) is 0.786. The number of carboxylic acids is 1. The highest BCUT2D eigenvalue weighted by molar-refractivity contribution is 7.09. The van der Waals surface area contributed by atoms with Crippen molar-refractivity contribution in [3.8, 4) is 0 Å². The fourth-order valence-electron chi connectivity index (χ4n) is 3.83. The lowest BCUT2D eigenvalue weighted by molar-refractivity contribution is -0.147. The van der Waals surface area contributed by atoms with E-state index in [1.165, 1.54) is 4.88 Å². The maximum atomic E-state index is 13.0. The smallest absolute Gasteiger partial charge is 0.306 e. The van der Waals surface area contributed by atoms with Gasteiger partial charge in [-0.15, -0.1) is 16.4 Å². The second-order valence-electron chi connectivity index (χ2n) is 7.57. The predicted molar refractivity (Wildman–Crippen MR) is 100 cm³/mol. The Labute approximate surface area is 162 Å². The lowest BCUT2D eigenvalue weighted by Gasteiger charge is -2.32.